The van der Waals surface area contributed by atoms with Crippen molar-refractivity contribution in [1.29, 1.82) is 0 Å². The van der Waals surface area contributed by atoms with Gasteiger partial charge in [-0.3, -0.25) is 9.20 Å². The van der Waals surface area contributed by atoms with E-state index in [1.165, 1.54) is 0 Å². The highest BCUT2D eigenvalue weighted by atomic mass is 16.4. The summed E-state index contributed by atoms with van der Waals surface area (Å²) in [6.45, 7) is 3.54. The molecule has 106 valence electrons. The summed E-state index contributed by atoms with van der Waals surface area (Å²) >= 11 is 0. The Bertz CT molecular complexity index is 631. The van der Waals surface area contributed by atoms with Crippen LogP contribution in [-0.2, 0) is 4.79 Å². The third kappa shape index (κ3) is 2.31. The Morgan fingerprint density at radius 2 is 2.15 bits per heavy atom. The smallest absolute Gasteiger partial charge is 0.303 e. The maximum Gasteiger partial charge on any atom is 0.303 e. The average Bonchev–Trinajstić information content (AvgIpc) is 2.81. The summed E-state index contributed by atoms with van der Waals surface area (Å²) in [5, 5.41) is 17.1. The molecule has 7 nitrogen and oxygen atoms in total. The molecule has 1 saturated heterocycles. The van der Waals surface area contributed by atoms with E-state index in [4.69, 9.17) is 5.11 Å². The second-order valence-corrected chi connectivity index (χ2v) is 5.22. The van der Waals surface area contributed by atoms with Crippen molar-refractivity contribution in [2.75, 3.05) is 18.0 Å². The number of carboxylic acids is 1. The number of hydrogen-bond acceptors (Lipinski definition) is 5. The number of carboxylic acid groups (broad SMARTS) is 1. The molecule has 2 aromatic heterocycles. The zero-order valence-corrected chi connectivity index (χ0v) is 11.4. The summed E-state index contributed by atoms with van der Waals surface area (Å²) in [6.07, 6.45) is 5.62. The van der Waals surface area contributed by atoms with Gasteiger partial charge < -0.3 is 10.0 Å². The van der Waals surface area contributed by atoms with Gasteiger partial charge in [0.2, 0.25) is 5.65 Å². The molecule has 1 fully saturated rings. The van der Waals surface area contributed by atoms with Crippen LogP contribution in [0.2, 0.25) is 0 Å². The SMILES string of the molecule is Cc1nnc2c(N3CCC(CC(=O)O)CC3)nccn12. The Morgan fingerprint density at radius 3 is 2.85 bits per heavy atom. The summed E-state index contributed by atoms with van der Waals surface area (Å²) in [4.78, 5) is 17.3. The van der Waals surface area contributed by atoms with Crippen molar-refractivity contribution in [2.45, 2.75) is 26.2 Å². The Balaban J connectivity index is 1.78. The van der Waals surface area contributed by atoms with Crippen LogP contribution in [0.3, 0.4) is 0 Å². The molecule has 0 aliphatic carbocycles. The summed E-state index contributed by atoms with van der Waals surface area (Å²) in [6, 6.07) is 0. The fourth-order valence-electron chi connectivity index (χ4n) is 2.75. The third-order valence-corrected chi connectivity index (χ3v) is 3.86. The van der Waals surface area contributed by atoms with Gasteiger partial charge in [0.1, 0.15) is 5.82 Å². The Kier molecular flexibility index (Phi) is 3.25. The van der Waals surface area contributed by atoms with Gasteiger partial charge in [0, 0.05) is 31.9 Å². The van der Waals surface area contributed by atoms with Gasteiger partial charge in [0.15, 0.2) is 5.82 Å². The quantitative estimate of drug-likeness (QED) is 0.903. The van der Waals surface area contributed by atoms with Crippen LogP contribution in [0.1, 0.15) is 25.1 Å². The van der Waals surface area contributed by atoms with Gasteiger partial charge in [-0.2, -0.15) is 0 Å². The molecule has 0 unspecified atom stereocenters. The molecule has 0 radical (unpaired) electrons. The Hall–Kier alpha value is -2.18. The number of nitrogens with zero attached hydrogens (tertiary/aromatic N) is 5. The summed E-state index contributed by atoms with van der Waals surface area (Å²) in [5.41, 5.74) is 0.765. The highest BCUT2D eigenvalue weighted by Crippen LogP contribution is 2.26. The van der Waals surface area contributed by atoms with Crippen molar-refractivity contribution in [2.24, 2.45) is 5.92 Å². The number of piperidine rings is 1. The molecule has 0 atom stereocenters. The van der Waals surface area contributed by atoms with Gasteiger partial charge in [-0.05, 0) is 25.7 Å². The number of aromatic nitrogens is 4. The lowest BCUT2D eigenvalue weighted by molar-refractivity contribution is -0.138. The molecule has 1 aliphatic rings. The number of aliphatic carboxylic acids is 1. The van der Waals surface area contributed by atoms with Crippen LogP contribution in [0.5, 0.6) is 0 Å². The molecule has 2 aromatic rings. The van der Waals surface area contributed by atoms with E-state index in [0.29, 0.717) is 0 Å². The minimum absolute atomic E-state index is 0.259. The lowest BCUT2D eigenvalue weighted by Gasteiger charge is -2.32. The predicted octanol–water partition coefficient (Wildman–Crippen LogP) is 1.12. The maximum absolute atomic E-state index is 10.7. The lowest BCUT2D eigenvalue weighted by Crippen LogP contribution is -2.35. The van der Waals surface area contributed by atoms with Crippen molar-refractivity contribution < 1.29 is 9.90 Å². The second-order valence-electron chi connectivity index (χ2n) is 5.22. The highest BCUT2D eigenvalue weighted by molar-refractivity contribution is 5.67. The van der Waals surface area contributed by atoms with Gasteiger partial charge in [-0.15, -0.1) is 10.2 Å². The molecule has 1 aliphatic heterocycles. The van der Waals surface area contributed by atoms with Crippen LogP contribution in [0.4, 0.5) is 5.82 Å². The summed E-state index contributed by atoms with van der Waals surface area (Å²) in [5.74, 6) is 1.23. The molecule has 0 amide bonds. The number of rotatable bonds is 3. The first-order valence-corrected chi connectivity index (χ1v) is 6.78. The van der Waals surface area contributed by atoms with Gasteiger partial charge >= 0.3 is 5.97 Å². The van der Waals surface area contributed by atoms with Crippen LogP contribution in [0, 0.1) is 12.8 Å². The van der Waals surface area contributed by atoms with Crippen molar-refractivity contribution in [3.05, 3.63) is 18.2 Å². The summed E-state index contributed by atoms with van der Waals surface area (Å²) in [7, 11) is 0. The molecule has 3 rings (SSSR count). The van der Waals surface area contributed by atoms with E-state index in [0.717, 1.165) is 43.2 Å². The van der Waals surface area contributed by atoms with Crippen LogP contribution < -0.4 is 4.90 Å². The average molecular weight is 275 g/mol. The number of carbonyl (C=O) groups is 1. The van der Waals surface area contributed by atoms with E-state index in [-0.39, 0.29) is 12.3 Å². The van der Waals surface area contributed by atoms with Crippen LogP contribution in [0.25, 0.3) is 5.65 Å². The van der Waals surface area contributed by atoms with Gasteiger partial charge in [0.25, 0.3) is 0 Å². The van der Waals surface area contributed by atoms with E-state index < -0.39 is 5.97 Å². The summed E-state index contributed by atoms with van der Waals surface area (Å²) < 4.78 is 1.92. The van der Waals surface area contributed by atoms with Crippen molar-refractivity contribution in [3.8, 4) is 0 Å². The fraction of sp³-hybridized carbons (Fsp3) is 0.538. The van der Waals surface area contributed by atoms with Crippen molar-refractivity contribution >= 4 is 17.4 Å². The molecule has 0 bridgehead atoms. The highest BCUT2D eigenvalue weighted by Gasteiger charge is 2.24. The molecular formula is C13H17N5O2. The normalized spacial score (nSPS) is 16.8. The predicted molar refractivity (Wildman–Crippen MR) is 72.7 cm³/mol. The molecule has 0 spiro atoms. The van der Waals surface area contributed by atoms with E-state index >= 15 is 0 Å². The van der Waals surface area contributed by atoms with Crippen LogP contribution >= 0.6 is 0 Å². The third-order valence-electron chi connectivity index (χ3n) is 3.86. The van der Waals surface area contributed by atoms with Crippen molar-refractivity contribution in [1.82, 2.24) is 19.6 Å². The number of aryl methyl sites for hydroxylation is 1. The van der Waals surface area contributed by atoms with E-state index in [1.807, 2.05) is 17.5 Å². The molecule has 3 heterocycles. The maximum atomic E-state index is 10.7. The number of fused-ring (bicyclic) bond motifs is 1. The monoisotopic (exact) mass is 275 g/mol. The number of anilines is 1. The van der Waals surface area contributed by atoms with Crippen LogP contribution in [-0.4, -0.2) is 43.7 Å². The van der Waals surface area contributed by atoms with Crippen LogP contribution in [0.15, 0.2) is 12.4 Å². The molecule has 1 N–H and O–H groups in total. The van der Waals surface area contributed by atoms with Gasteiger partial charge in [0.05, 0.1) is 0 Å². The van der Waals surface area contributed by atoms with Crippen molar-refractivity contribution in [3.63, 3.8) is 0 Å². The minimum Gasteiger partial charge on any atom is -0.481 e. The Morgan fingerprint density at radius 1 is 1.40 bits per heavy atom. The molecule has 0 saturated carbocycles. The lowest BCUT2D eigenvalue weighted by atomic mass is 9.94. The van der Waals surface area contributed by atoms with Gasteiger partial charge in [-0.1, -0.05) is 0 Å². The first-order chi connectivity index (χ1) is 9.65. The van der Waals surface area contributed by atoms with E-state index in [9.17, 15) is 4.79 Å². The standard InChI is InChI=1S/C13H17N5O2/c1-9-15-16-13-12(14-4-7-18(9)13)17-5-2-10(3-6-17)8-11(19)20/h4,7,10H,2-3,5-6,8H2,1H3,(H,19,20). The molecular weight excluding hydrogens is 258 g/mol. The topological polar surface area (TPSA) is 83.6 Å². The zero-order chi connectivity index (χ0) is 14.1. The first-order valence-electron chi connectivity index (χ1n) is 6.78. The zero-order valence-electron chi connectivity index (χ0n) is 11.4. The molecule has 0 aromatic carbocycles. The molecule has 20 heavy (non-hydrogen) atoms. The first kappa shape index (κ1) is 12.8. The fourth-order valence-corrected chi connectivity index (χ4v) is 2.75. The van der Waals surface area contributed by atoms with E-state index in [2.05, 4.69) is 20.1 Å². The van der Waals surface area contributed by atoms with Gasteiger partial charge in [-0.25, -0.2) is 4.98 Å². The largest absolute Gasteiger partial charge is 0.481 e. The molecule has 7 heteroatoms. The second kappa shape index (κ2) is 5.07. The number of hydrogen-bond donors (Lipinski definition) is 1. The van der Waals surface area contributed by atoms with E-state index in [1.54, 1.807) is 6.20 Å². The Labute approximate surface area is 116 Å². The minimum atomic E-state index is -0.711.